The summed E-state index contributed by atoms with van der Waals surface area (Å²) in [5.41, 5.74) is 4.70. The lowest BCUT2D eigenvalue weighted by atomic mass is 10.0. The molecule has 7 rings (SSSR count). The Hall–Kier alpha value is -5.55. The number of H-pyrrole nitrogens is 1. The summed E-state index contributed by atoms with van der Waals surface area (Å²) in [6.45, 7) is 0.0108. The van der Waals surface area contributed by atoms with Crippen molar-refractivity contribution < 1.29 is 13.2 Å². The molecular weight excluding hydrogens is 670 g/mol. The van der Waals surface area contributed by atoms with Crippen LogP contribution in [0.2, 0.25) is 5.02 Å². The van der Waals surface area contributed by atoms with Crippen molar-refractivity contribution in [3.05, 3.63) is 166 Å². The number of hydrogen-bond donors (Lipinski definition) is 1. The van der Waals surface area contributed by atoms with Gasteiger partial charge in [-0.3, -0.25) is 9.36 Å². The summed E-state index contributed by atoms with van der Waals surface area (Å²) >= 11 is 6.30. The Morgan fingerprint density at radius 2 is 1.38 bits per heavy atom. The zero-order chi connectivity index (χ0) is 34.8. The second-order valence-electron chi connectivity index (χ2n) is 11.8. The highest BCUT2D eigenvalue weighted by atomic mass is 35.5. The monoisotopic (exact) mass is 701 g/mol. The highest BCUT2D eigenvalue weighted by Crippen LogP contribution is 2.36. The van der Waals surface area contributed by atoms with E-state index in [-0.39, 0.29) is 17.7 Å². The quantitative estimate of drug-likeness (QED) is 0.157. The van der Waals surface area contributed by atoms with E-state index < -0.39 is 21.6 Å². The molecule has 2 aromatic heterocycles. The standard InChI is InChI=1S/C39H32ClN5O4S/c1-49-33-23-13-26(14-24-33)25-44(50(2,47)48)35(29-19-21-31(40)22-20-29)38-41-34-37(45(38)32-11-7-4-8-12-32)42-36(43-39(34)46)30-17-15-28(16-18-30)27-9-5-3-6-10-27/h3-24,35H,25H2,1-2H3,(H,42,43,46). The molecule has 11 heteroatoms. The normalized spacial score (nSPS) is 12.3. The van der Waals surface area contributed by atoms with E-state index >= 15 is 0 Å². The number of aromatic amines is 1. The molecule has 0 aliphatic heterocycles. The molecule has 1 atom stereocenters. The third kappa shape index (κ3) is 6.69. The van der Waals surface area contributed by atoms with Crippen molar-refractivity contribution in [2.45, 2.75) is 12.6 Å². The molecule has 2 heterocycles. The zero-order valence-electron chi connectivity index (χ0n) is 27.2. The van der Waals surface area contributed by atoms with E-state index in [9.17, 15) is 13.2 Å². The summed E-state index contributed by atoms with van der Waals surface area (Å²) in [4.78, 5) is 26.6. The number of halogens is 1. The highest BCUT2D eigenvalue weighted by Gasteiger charge is 2.35. The Morgan fingerprint density at radius 1 is 0.780 bits per heavy atom. The third-order valence-corrected chi connectivity index (χ3v) is 9.91. The lowest BCUT2D eigenvalue weighted by molar-refractivity contribution is 0.344. The van der Waals surface area contributed by atoms with Crippen LogP contribution in [0.5, 0.6) is 5.75 Å². The number of sulfonamides is 1. The zero-order valence-corrected chi connectivity index (χ0v) is 28.8. The summed E-state index contributed by atoms with van der Waals surface area (Å²) in [6, 6.07) is 40.3. The fourth-order valence-corrected chi connectivity index (χ4v) is 7.10. The van der Waals surface area contributed by atoms with Crippen molar-refractivity contribution in [1.29, 1.82) is 0 Å². The molecule has 0 amide bonds. The van der Waals surface area contributed by atoms with Crippen LogP contribution in [0.4, 0.5) is 0 Å². The van der Waals surface area contributed by atoms with Gasteiger partial charge < -0.3 is 9.72 Å². The Bertz CT molecular complexity index is 2430. The van der Waals surface area contributed by atoms with Crippen molar-refractivity contribution in [2.75, 3.05) is 13.4 Å². The number of aromatic nitrogens is 4. The lowest BCUT2D eigenvalue weighted by Crippen LogP contribution is -2.35. The number of nitrogens with one attached hydrogen (secondary N) is 1. The van der Waals surface area contributed by atoms with Crippen molar-refractivity contribution >= 4 is 32.8 Å². The summed E-state index contributed by atoms with van der Waals surface area (Å²) in [7, 11) is -2.33. The van der Waals surface area contributed by atoms with Crippen LogP contribution in [0.1, 0.15) is 23.0 Å². The van der Waals surface area contributed by atoms with Crippen LogP contribution in [0.15, 0.2) is 138 Å². The minimum Gasteiger partial charge on any atom is -0.497 e. The number of fused-ring (bicyclic) bond motifs is 1. The second kappa shape index (κ2) is 13.8. The van der Waals surface area contributed by atoms with E-state index in [1.54, 1.807) is 48.1 Å². The van der Waals surface area contributed by atoms with Gasteiger partial charge in [-0.05, 0) is 58.7 Å². The van der Waals surface area contributed by atoms with Gasteiger partial charge in [0, 0.05) is 22.8 Å². The second-order valence-corrected chi connectivity index (χ2v) is 14.2. The van der Waals surface area contributed by atoms with E-state index in [0.717, 1.165) is 22.9 Å². The average molecular weight is 702 g/mol. The van der Waals surface area contributed by atoms with Gasteiger partial charge in [0.25, 0.3) is 5.56 Å². The van der Waals surface area contributed by atoms with Crippen LogP contribution in [0.25, 0.3) is 39.4 Å². The predicted molar refractivity (Wildman–Crippen MR) is 197 cm³/mol. The topological polar surface area (TPSA) is 110 Å². The van der Waals surface area contributed by atoms with E-state index in [4.69, 9.17) is 26.3 Å². The number of hydrogen-bond acceptors (Lipinski definition) is 6. The molecule has 9 nitrogen and oxygen atoms in total. The van der Waals surface area contributed by atoms with Gasteiger partial charge in [0.1, 0.15) is 23.4 Å². The summed E-state index contributed by atoms with van der Waals surface area (Å²) in [5.74, 6) is 1.30. The maximum atomic E-state index is 13.8. The van der Waals surface area contributed by atoms with Crippen molar-refractivity contribution in [1.82, 2.24) is 23.8 Å². The molecule has 0 bridgehead atoms. The van der Waals surface area contributed by atoms with E-state index in [2.05, 4.69) is 4.98 Å². The Labute approximate surface area is 294 Å². The molecule has 50 heavy (non-hydrogen) atoms. The van der Waals surface area contributed by atoms with Crippen LogP contribution < -0.4 is 10.3 Å². The number of nitrogens with zero attached hydrogens (tertiary/aromatic N) is 4. The van der Waals surface area contributed by atoms with Gasteiger partial charge in [-0.15, -0.1) is 0 Å². The number of ether oxygens (including phenoxy) is 1. The molecule has 0 aliphatic rings. The minimum absolute atomic E-state index is 0.0108. The minimum atomic E-state index is -3.90. The first-order chi connectivity index (χ1) is 24.2. The fourth-order valence-electron chi connectivity index (χ4n) is 5.99. The first-order valence-corrected chi connectivity index (χ1v) is 18.0. The highest BCUT2D eigenvalue weighted by molar-refractivity contribution is 7.88. The summed E-state index contributed by atoms with van der Waals surface area (Å²) < 4.78 is 36.0. The van der Waals surface area contributed by atoms with E-state index in [1.807, 2.05) is 97.1 Å². The Kier molecular flexibility index (Phi) is 9.07. The molecule has 250 valence electrons. The molecule has 1 unspecified atom stereocenters. The number of imidazole rings is 1. The predicted octanol–water partition coefficient (Wildman–Crippen LogP) is 7.66. The van der Waals surface area contributed by atoms with E-state index in [1.165, 1.54) is 4.31 Å². The average Bonchev–Trinajstić information content (AvgIpc) is 3.52. The largest absolute Gasteiger partial charge is 0.497 e. The molecule has 7 aromatic rings. The van der Waals surface area contributed by atoms with Gasteiger partial charge >= 0.3 is 0 Å². The summed E-state index contributed by atoms with van der Waals surface area (Å²) in [6.07, 6.45) is 1.16. The smallest absolute Gasteiger partial charge is 0.279 e. The van der Waals surface area contributed by atoms with Crippen molar-refractivity contribution in [3.8, 4) is 34.0 Å². The Morgan fingerprint density at radius 3 is 2.00 bits per heavy atom. The molecule has 0 fully saturated rings. The maximum Gasteiger partial charge on any atom is 0.279 e. The molecule has 0 spiro atoms. The molecular formula is C39H32ClN5O4S. The van der Waals surface area contributed by atoms with Crippen LogP contribution in [-0.4, -0.2) is 45.6 Å². The maximum absolute atomic E-state index is 13.8. The van der Waals surface area contributed by atoms with E-state index in [0.29, 0.717) is 39.2 Å². The first-order valence-electron chi connectivity index (χ1n) is 15.8. The van der Waals surface area contributed by atoms with Gasteiger partial charge in [-0.2, -0.15) is 4.31 Å². The molecule has 0 saturated carbocycles. The lowest BCUT2D eigenvalue weighted by Gasteiger charge is -2.30. The molecule has 1 N–H and O–H groups in total. The van der Waals surface area contributed by atoms with Crippen LogP contribution in [0, 0.1) is 0 Å². The number of para-hydroxylation sites is 1. The number of rotatable bonds is 10. The van der Waals surface area contributed by atoms with Gasteiger partial charge in [0.2, 0.25) is 10.0 Å². The molecule has 0 saturated heterocycles. The van der Waals surface area contributed by atoms with Crippen LogP contribution in [0.3, 0.4) is 0 Å². The number of methoxy groups -OCH3 is 1. The molecule has 0 aliphatic carbocycles. The SMILES string of the molecule is COc1ccc(CN(C(c2ccc(Cl)cc2)c2nc3c(=O)[nH]c(-c4ccc(-c5ccccc5)cc4)nc3n2-c2ccccc2)S(C)(=O)=O)cc1. The molecule has 0 radical (unpaired) electrons. The first kappa shape index (κ1) is 33.0. The third-order valence-electron chi connectivity index (χ3n) is 8.47. The van der Waals surface area contributed by atoms with Crippen molar-refractivity contribution in [3.63, 3.8) is 0 Å². The van der Waals surface area contributed by atoms with Gasteiger partial charge in [0.05, 0.1) is 13.4 Å². The van der Waals surface area contributed by atoms with Gasteiger partial charge in [0.15, 0.2) is 11.2 Å². The Balaban J connectivity index is 1.44. The van der Waals surface area contributed by atoms with Gasteiger partial charge in [-0.25, -0.2) is 18.4 Å². The van der Waals surface area contributed by atoms with Gasteiger partial charge in [-0.1, -0.05) is 109 Å². The summed E-state index contributed by atoms with van der Waals surface area (Å²) in [5, 5.41) is 0.492. The number of benzene rings is 5. The van der Waals surface area contributed by atoms with Crippen LogP contribution >= 0.6 is 11.6 Å². The fraction of sp³-hybridized carbons (Fsp3) is 0.103. The van der Waals surface area contributed by atoms with Crippen LogP contribution in [-0.2, 0) is 16.6 Å². The molecule has 5 aromatic carbocycles. The van der Waals surface area contributed by atoms with Crippen molar-refractivity contribution in [2.24, 2.45) is 0 Å².